The molecule has 0 radical (unpaired) electrons. The summed E-state index contributed by atoms with van der Waals surface area (Å²) in [7, 11) is 0. The van der Waals surface area contributed by atoms with Crippen molar-refractivity contribution in [3.05, 3.63) is 71.4 Å². The van der Waals surface area contributed by atoms with Gasteiger partial charge in [0.05, 0.1) is 11.3 Å². The third-order valence-corrected chi connectivity index (χ3v) is 5.55. The van der Waals surface area contributed by atoms with Gasteiger partial charge in [-0.2, -0.15) is 0 Å². The van der Waals surface area contributed by atoms with Crippen molar-refractivity contribution in [2.75, 3.05) is 37.6 Å². The van der Waals surface area contributed by atoms with Crippen molar-refractivity contribution in [1.82, 2.24) is 9.80 Å². The van der Waals surface area contributed by atoms with Crippen LogP contribution < -0.4 is 4.90 Å². The number of carbonyl (C=O) groups excluding carboxylic acids is 2. The number of hydrogen-bond acceptors (Lipinski definition) is 4. The molecule has 0 spiro atoms. The molecule has 2 aromatic carbocycles. The number of aryl methyl sites for hydroxylation is 1. The van der Waals surface area contributed by atoms with E-state index in [1.54, 1.807) is 0 Å². The first-order valence-electron chi connectivity index (χ1n) is 9.82. The van der Waals surface area contributed by atoms with Crippen molar-refractivity contribution in [2.45, 2.75) is 13.8 Å². The number of amides is 2. The minimum absolute atomic E-state index is 0.224. The first kappa shape index (κ1) is 18.4. The molecule has 0 N–H and O–H groups in total. The van der Waals surface area contributed by atoms with Gasteiger partial charge in [0.2, 0.25) is 0 Å². The van der Waals surface area contributed by atoms with Gasteiger partial charge in [-0.25, -0.2) is 4.90 Å². The van der Waals surface area contributed by atoms with E-state index in [-0.39, 0.29) is 11.8 Å². The lowest BCUT2D eigenvalue weighted by atomic mass is 10.0. The van der Waals surface area contributed by atoms with Gasteiger partial charge in [-0.15, -0.1) is 0 Å². The average Bonchev–Trinajstić information content (AvgIpc) is 2.99. The van der Waals surface area contributed by atoms with Crippen LogP contribution >= 0.6 is 0 Å². The summed E-state index contributed by atoms with van der Waals surface area (Å²) in [5.41, 5.74) is 3.55. The lowest BCUT2D eigenvalue weighted by Gasteiger charge is -2.36. The Morgan fingerprint density at radius 1 is 0.821 bits per heavy atom. The van der Waals surface area contributed by atoms with Gasteiger partial charge in [-0.1, -0.05) is 55.0 Å². The largest absolute Gasteiger partial charge is 0.364 e. The second-order valence-electron chi connectivity index (χ2n) is 7.29. The zero-order valence-corrected chi connectivity index (χ0v) is 16.4. The highest BCUT2D eigenvalue weighted by atomic mass is 16.2. The van der Waals surface area contributed by atoms with Crippen molar-refractivity contribution in [1.29, 1.82) is 0 Å². The number of piperazine rings is 1. The van der Waals surface area contributed by atoms with E-state index in [9.17, 15) is 9.59 Å². The van der Waals surface area contributed by atoms with Crippen LogP contribution in [0.5, 0.6) is 0 Å². The second-order valence-corrected chi connectivity index (χ2v) is 7.29. The molecule has 5 heteroatoms. The topological polar surface area (TPSA) is 43.9 Å². The Labute approximate surface area is 165 Å². The number of imide groups is 1. The van der Waals surface area contributed by atoms with E-state index in [1.165, 1.54) is 4.90 Å². The number of hydrogen-bond donors (Lipinski definition) is 0. The van der Waals surface area contributed by atoms with E-state index in [4.69, 9.17) is 0 Å². The fourth-order valence-electron chi connectivity index (χ4n) is 3.89. The van der Waals surface area contributed by atoms with Crippen molar-refractivity contribution < 1.29 is 9.59 Å². The maximum Gasteiger partial charge on any atom is 0.282 e. The number of benzene rings is 2. The summed E-state index contributed by atoms with van der Waals surface area (Å²) in [6.45, 7) is 8.43. The Morgan fingerprint density at radius 2 is 1.46 bits per heavy atom. The molecule has 144 valence electrons. The zero-order chi connectivity index (χ0) is 19.7. The molecule has 2 aliphatic rings. The lowest BCUT2D eigenvalue weighted by molar-refractivity contribution is -0.120. The SMILES string of the molecule is CCN1CCN(C2=C(c3ccccc3)C(=O)N(c3ccc(C)cc3)C2=O)CC1. The van der Waals surface area contributed by atoms with E-state index >= 15 is 0 Å². The second kappa shape index (κ2) is 7.60. The van der Waals surface area contributed by atoms with Gasteiger partial charge in [-0.05, 0) is 31.2 Å². The van der Waals surface area contributed by atoms with Crippen molar-refractivity contribution in [3.8, 4) is 0 Å². The quantitative estimate of drug-likeness (QED) is 0.771. The summed E-state index contributed by atoms with van der Waals surface area (Å²) in [6.07, 6.45) is 0. The fraction of sp³-hybridized carbons (Fsp3) is 0.304. The zero-order valence-electron chi connectivity index (χ0n) is 16.4. The molecule has 5 nitrogen and oxygen atoms in total. The number of carbonyl (C=O) groups is 2. The summed E-state index contributed by atoms with van der Waals surface area (Å²) in [5.74, 6) is -0.467. The summed E-state index contributed by atoms with van der Waals surface area (Å²) >= 11 is 0. The Bertz CT molecular complexity index is 911. The van der Waals surface area contributed by atoms with Crippen LogP contribution in [-0.2, 0) is 9.59 Å². The highest BCUT2D eigenvalue weighted by molar-refractivity contribution is 6.45. The monoisotopic (exact) mass is 375 g/mol. The molecule has 1 fully saturated rings. The van der Waals surface area contributed by atoms with Crippen molar-refractivity contribution in [2.24, 2.45) is 0 Å². The molecule has 0 bridgehead atoms. The fourth-order valence-corrected chi connectivity index (χ4v) is 3.89. The molecule has 1 saturated heterocycles. The van der Waals surface area contributed by atoms with E-state index in [2.05, 4.69) is 16.7 Å². The maximum atomic E-state index is 13.4. The maximum absolute atomic E-state index is 13.4. The molecular weight excluding hydrogens is 350 g/mol. The molecule has 0 unspecified atom stereocenters. The van der Waals surface area contributed by atoms with Gasteiger partial charge in [0, 0.05) is 26.2 Å². The van der Waals surface area contributed by atoms with Gasteiger partial charge < -0.3 is 9.80 Å². The van der Waals surface area contributed by atoms with Gasteiger partial charge in [0.15, 0.2) is 0 Å². The van der Waals surface area contributed by atoms with Crippen molar-refractivity contribution >= 4 is 23.1 Å². The molecule has 28 heavy (non-hydrogen) atoms. The first-order valence-corrected chi connectivity index (χ1v) is 9.82. The van der Waals surface area contributed by atoms with E-state index in [0.717, 1.165) is 43.9 Å². The number of likely N-dealkylation sites (N-methyl/N-ethyl adjacent to an activating group) is 1. The minimum atomic E-state index is -0.243. The van der Waals surface area contributed by atoms with Crippen LogP contribution in [0, 0.1) is 6.92 Å². The lowest BCUT2D eigenvalue weighted by Crippen LogP contribution is -2.47. The first-order chi connectivity index (χ1) is 13.6. The number of nitrogens with zero attached hydrogens (tertiary/aromatic N) is 3. The van der Waals surface area contributed by atoms with Crippen LogP contribution in [0.3, 0.4) is 0 Å². The van der Waals surface area contributed by atoms with Crippen LogP contribution in [0.1, 0.15) is 18.1 Å². The van der Waals surface area contributed by atoms with Gasteiger partial charge in [0.25, 0.3) is 11.8 Å². The molecule has 4 rings (SSSR count). The Balaban J connectivity index is 1.76. The molecule has 0 aromatic heterocycles. The van der Waals surface area contributed by atoms with Crippen LogP contribution in [0.15, 0.2) is 60.3 Å². The molecule has 2 aromatic rings. The van der Waals surface area contributed by atoms with Crippen LogP contribution in [0.4, 0.5) is 5.69 Å². The standard InChI is InChI=1S/C23H25N3O2/c1-3-24-13-15-25(16-14-24)21-20(18-7-5-4-6-8-18)22(27)26(23(21)28)19-11-9-17(2)10-12-19/h4-12H,3,13-16H2,1-2H3. The van der Waals surface area contributed by atoms with Crippen LogP contribution in [0.2, 0.25) is 0 Å². The molecule has 2 amide bonds. The summed E-state index contributed by atoms with van der Waals surface area (Å²) < 4.78 is 0. The number of anilines is 1. The van der Waals surface area contributed by atoms with E-state index in [0.29, 0.717) is 17.0 Å². The number of rotatable bonds is 4. The predicted octanol–water partition coefficient (Wildman–Crippen LogP) is 2.92. The Hall–Kier alpha value is -2.92. The third-order valence-electron chi connectivity index (χ3n) is 5.55. The molecule has 2 aliphatic heterocycles. The Kier molecular flexibility index (Phi) is 5.01. The summed E-state index contributed by atoms with van der Waals surface area (Å²) in [4.78, 5) is 32.6. The molecule has 2 heterocycles. The molecule has 0 saturated carbocycles. The normalized spacial score (nSPS) is 18.4. The third kappa shape index (κ3) is 3.22. The smallest absolute Gasteiger partial charge is 0.282 e. The van der Waals surface area contributed by atoms with Gasteiger partial charge in [-0.3, -0.25) is 9.59 Å². The Morgan fingerprint density at radius 3 is 2.07 bits per heavy atom. The van der Waals surface area contributed by atoms with E-state index < -0.39 is 0 Å². The van der Waals surface area contributed by atoms with Crippen molar-refractivity contribution in [3.63, 3.8) is 0 Å². The van der Waals surface area contributed by atoms with Gasteiger partial charge >= 0.3 is 0 Å². The summed E-state index contributed by atoms with van der Waals surface area (Å²) in [6, 6.07) is 17.1. The predicted molar refractivity (Wildman–Crippen MR) is 111 cm³/mol. The molecule has 0 aliphatic carbocycles. The van der Waals surface area contributed by atoms with Gasteiger partial charge in [0.1, 0.15) is 5.70 Å². The molecular formula is C23H25N3O2. The highest BCUT2D eigenvalue weighted by Crippen LogP contribution is 2.35. The highest BCUT2D eigenvalue weighted by Gasteiger charge is 2.42. The van der Waals surface area contributed by atoms with Crippen LogP contribution in [-0.4, -0.2) is 54.3 Å². The van der Waals surface area contributed by atoms with Crippen LogP contribution in [0.25, 0.3) is 5.57 Å². The summed E-state index contributed by atoms with van der Waals surface area (Å²) in [5, 5.41) is 0. The molecule has 0 atom stereocenters. The minimum Gasteiger partial charge on any atom is -0.364 e. The average molecular weight is 375 g/mol. The van der Waals surface area contributed by atoms with E-state index in [1.807, 2.05) is 61.5 Å².